The van der Waals surface area contributed by atoms with Gasteiger partial charge in [-0.05, 0) is 12.1 Å². The van der Waals surface area contributed by atoms with Gasteiger partial charge >= 0.3 is 5.97 Å². The van der Waals surface area contributed by atoms with E-state index in [2.05, 4.69) is 14.7 Å². The Balaban J connectivity index is 2.28. The highest BCUT2D eigenvalue weighted by molar-refractivity contribution is 7.94. The Kier molecular flexibility index (Phi) is 4.67. The Morgan fingerprint density at radius 2 is 2.05 bits per heavy atom. The Labute approximate surface area is 133 Å². The Morgan fingerprint density at radius 3 is 2.71 bits per heavy atom. The summed E-state index contributed by atoms with van der Waals surface area (Å²) >= 11 is 12.3. The van der Waals surface area contributed by atoms with Gasteiger partial charge in [0.25, 0.3) is 10.0 Å². The lowest BCUT2D eigenvalue weighted by molar-refractivity contribution is -0.136. The number of aliphatic carboxylic acids is 1. The van der Waals surface area contributed by atoms with E-state index in [1.807, 2.05) is 0 Å². The van der Waals surface area contributed by atoms with Crippen molar-refractivity contribution in [1.29, 1.82) is 0 Å². The van der Waals surface area contributed by atoms with Crippen molar-refractivity contribution in [3.63, 3.8) is 0 Å². The van der Waals surface area contributed by atoms with Gasteiger partial charge in [-0.2, -0.15) is 0 Å². The molecule has 2 aromatic rings. The van der Waals surface area contributed by atoms with E-state index >= 15 is 0 Å². The third kappa shape index (κ3) is 3.82. The van der Waals surface area contributed by atoms with E-state index in [0.29, 0.717) is 4.88 Å². The monoisotopic (exact) mass is 367 g/mol. The van der Waals surface area contributed by atoms with Gasteiger partial charge in [0.1, 0.15) is 15.6 Å². The first-order valence-corrected chi connectivity index (χ1v) is 8.34. The van der Waals surface area contributed by atoms with Crippen LogP contribution in [0.2, 0.25) is 10.2 Å². The van der Waals surface area contributed by atoms with E-state index in [1.165, 1.54) is 12.1 Å². The molecule has 2 N–H and O–H groups in total. The lowest BCUT2D eigenvalue weighted by Gasteiger charge is -2.07. The first kappa shape index (κ1) is 16.0. The van der Waals surface area contributed by atoms with E-state index in [1.54, 1.807) is 0 Å². The molecule has 0 spiro atoms. The van der Waals surface area contributed by atoms with Crippen molar-refractivity contribution in [2.75, 3.05) is 4.72 Å². The molecule has 0 amide bonds. The minimum absolute atomic E-state index is 0.0513. The molecule has 0 aliphatic heterocycles. The Morgan fingerprint density at radius 1 is 1.33 bits per heavy atom. The van der Waals surface area contributed by atoms with Crippen LogP contribution < -0.4 is 4.72 Å². The lowest BCUT2D eigenvalue weighted by atomic mass is 10.3. The van der Waals surface area contributed by atoms with Crippen LogP contribution >= 0.6 is 34.5 Å². The molecule has 0 aliphatic carbocycles. The first-order valence-electron chi connectivity index (χ1n) is 5.29. The predicted molar refractivity (Wildman–Crippen MR) is 78.5 cm³/mol. The molecule has 2 rings (SSSR count). The molecule has 7 nitrogen and oxygen atoms in total. The predicted octanol–water partition coefficient (Wildman–Crippen LogP) is 2.27. The molecule has 2 aromatic heterocycles. The zero-order valence-corrected chi connectivity index (χ0v) is 13.2. The zero-order chi connectivity index (χ0) is 15.6. The maximum atomic E-state index is 12.2. The third-order valence-electron chi connectivity index (χ3n) is 2.21. The number of carboxylic acids is 1. The second-order valence-electron chi connectivity index (χ2n) is 3.72. The molecule has 0 atom stereocenters. The summed E-state index contributed by atoms with van der Waals surface area (Å²) < 4.78 is 26.4. The number of aromatic nitrogens is 2. The second kappa shape index (κ2) is 6.14. The van der Waals surface area contributed by atoms with Crippen LogP contribution in [0.3, 0.4) is 0 Å². The van der Waals surface area contributed by atoms with Crippen molar-refractivity contribution in [3.8, 4) is 0 Å². The molecule has 21 heavy (non-hydrogen) atoms. The maximum Gasteiger partial charge on any atom is 0.308 e. The number of anilines is 1. The number of halogens is 2. The van der Waals surface area contributed by atoms with Crippen molar-refractivity contribution in [2.45, 2.75) is 10.6 Å². The van der Waals surface area contributed by atoms with Crippen LogP contribution in [0.25, 0.3) is 0 Å². The van der Waals surface area contributed by atoms with Gasteiger partial charge in [-0.15, -0.1) is 11.3 Å². The summed E-state index contributed by atoms with van der Waals surface area (Å²) in [6, 6.07) is 2.74. The molecular formula is C10H7Cl2N3O4S2. The number of nitrogens with one attached hydrogen (secondary N) is 1. The molecule has 112 valence electrons. The van der Waals surface area contributed by atoms with Gasteiger partial charge in [0.15, 0.2) is 11.0 Å². The van der Waals surface area contributed by atoms with Gasteiger partial charge < -0.3 is 5.11 Å². The third-order valence-corrected chi connectivity index (χ3v) is 5.86. The summed E-state index contributed by atoms with van der Waals surface area (Å²) in [5, 5.41) is 8.47. The standard InChI is InChI=1S/C10H7Cl2N3O4S2/c11-8-9(12)13-4-14-10(8)15-21(18,19)7-2-1-5(20-7)3-6(16)17/h1-2,4H,3H2,(H,16,17)(H,13,14,15). The van der Waals surface area contributed by atoms with Crippen LogP contribution in [-0.2, 0) is 21.2 Å². The SMILES string of the molecule is O=C(O)Cc1ccc(S(=O)(=O)Nc2ncnc(Cl)c2Cl)s1. The molecule has 0 aromatic carbocycles. The van der Waals surface area contributed by atoms with Crippen LogP contribution in [0.1, 0.15) is 4.88 Å². The van der Waals surface area contributed by atoms with Crippen molar-refractivity contribution in [2.24, 2.45) is 0 Å². The largest absolute Gasteiger partial charge is 0.481 e. The van der Waals surface area contributed by atoms with Gasteiger partial charge in [-0.25, -0.2) is 18.4 Å². The highest BCUT2D eigenvalue weighted by Gasteiger charge is 2.20. The molecule has 0 unspecified atom stereocenters. The Hall–Kier alpha value is -1.42. The van der Waals surface area contributed by atoms with Crippen molar-refractivity contribution >= 4 is 56.3 Å². The van der Waals surface area contributed by atoms with Crippen LogP contribution in [0, 0.1) is 0 Å². The average Bonchev–Trinajstić information content (AvgIpc) is 2.83. The van der Waals surface area contributed by atoms with Gasteiger partial charge in [0.2, 0.25) is 0 Å². The molecule has 0 radical (unpaired) electrons. The molecular weight excluding hydrogens is 361 g/mol. The van der Waals surface area contributed by atoms with E-state index in [9.17, 15) is 13.2 Å². The first-order chi connectivity index (χ1) is 9.79. The summed E-state index contributed by atoms with van der Waals surface area (Å²) in [7, 11) is -3.93. The number of sulfonamides is 1. The van der Waals surface area contributed by atoms with Gasteiger partial charge in [-0.1, -0.05) is 23.2 Å². The number of carbonyl (C=O) groups is 1. The van der Waals surface area contributed by atoms with Gasteiger partial charge in [0.05, 0.1) is 6.42 Å². The topological polar surface area (TPSA) is 109 Å². The summed E-state index contributed by atoms with van der Waals surface area (Å²) in [6.07, 6.45) is 0.816. The summed E-state index contributed by atoms with van der Waals surface area (Å²) in [4.78, 5) is 18.3. The molecule has 0 fully saturated rings. The van der Waals surface area contributed by atoms with Crippen LogP contribution in [0.4, 0.5) is 5.82 Å². The van der Waals surface area contributed by atoms with Crippen molar-refractivity contribution < 1.29 is 18.3 Å². The minimum atomic E-state index is -3.93. The number of hydrogen-bond donors (Lipinski definition) is 2. The lowest BCUT2D eigenvalue weighted by Crippen LogP contribution is -2.13. The minimum Gasteiger partial charge on any atom is -0.481 e. The number of rotatable bonds is 5. The number of nitrogens with zero attached hydrogens (tertiary/aromatic N) is 2. The van der Waals surface area contributed by atoms with Crippen LogP contribution in [-0.4, -0.2) is 29.5 Å². The number of thiophene rings is 1. The molecule has 0 aliphatic rings. The molecule has 0 saturated carbocycles. The summed E-state index contributed by atoms with van der Waals surface area (Å²) in [5.41, 5.74) is 0. The van der Waals surface area contributed by atoms with Gasteiger partial charge in [0, 0.05) is 4.88 Å². The Bertz CT molecular complexity index is 791. The van der Waals surface area contributed by atoms with Gasteiger partial charge in [-0.3, -0.25) is 9.52 Å². The highest BCUT2D eigenvalue weighted by Crippen LogP contribution is 2.29. The molecule has 0 bridgehead atoms. The highest BCUT2D eigenvalue weighted by atomic mass is 35.5. The summed E-state index contributed by atoms with van der Waals surface area (Å²) in [6.45, 7) is 0. The molecule has 11 heteroatoms. The fourth-order valence-electron chi connectivity index (χ4n) is 1.34. The molecule has 0 saturated heterocycles. The quantitative estimate of drug-likeness (QED) is 0.784. The van der Waals surface area contributed by atoms with Crippen LogP contribution in [0.5, 0.6) is 0 Å². The summed E-state index contributed by atoms with van der Waals surface area (Å²) in [5.74, 6) is -1.19. The van der Waals surface area contributed by atoms with E-state index < -0.39 is 16.0 Å². The van der Waals surface area contributed by atoms with Crippen molar-refractivity contribution in [3.05, 3.63) is 33.5 Å². The van der Waals surface area contributed by atoms with E-state index in [-0.39, 0.29) is 26.6 Å². The van der Waals surface area contributed by atoms with E-state index in [0.717, 1.165) is 17.7 Å². The second-order valence-corrected chi connectivity index (χ2v) is 7.54. The number of carboxylic acid groups (broad SMARTS) is 1. The van der Waals surface area contributed by atoms with Crippen molar-refractivity contribution in [1.82, 2.24) is 9.97 Å². The number of hydrogen-bond acceptors (Lipinski definition) is 6. The fraction of sp³-hybridized carbons (Fsp3) is 0.100. The maximum absolute atomic E-state index is 12.2. The van der Waals surface area contributed by atoms with E-state index in [4.69, 9.17) is 28.3 Å². The smallest absolute Gasteiger partial charge is 0.308 e. The normalized spacial score (nSPS) is 11.3. The zero-order valence-electron chi connectivity index (χ0n) is 10.1. The van der Waals surface area contributed by atoms with Crippen LogP contribution in [0.15, 0.2) is 22.7 Å². The molecule has 2 heterocycles. The average molecular weight is 368 g/mol. The fourth-order valence-corrected chi connectivity index (χ4v) is 4.05.